The Kier molecular flexibility index (Phi) is 6.40. The molecule has 1 aliphatic heterocycles. The van der Waals surface area contributed by atoms with E-state index in [4.69, 9.17) is 9.15 Å². The summed E-state index contributed by atoms with van der Waals surface area (Å²) >= 11 is 1.62. The van der Waals surface area contributed by atoms with E-state index in [0.717, 1.165) is 36.1 Å². The molecule has 0 aliphatic carbocycles. The molecule has 0 N–H and O–H groups in total. The Morgan fingerprint density at radius 2 is 2.08 bits per heavy atom. The third-order valence-electron chi connectivity index (χ3n) is 4.26. The lowest BCUT2D eigenvalue weighted by atomic mass is 10.2. The van der Waals surface area contributed by atoms with Crippen LogP contribution < -0.4 is 0 Å². The minimum atomic E-state index is -0.310. The standard InChI is InChI=1S/C18H23N3O4S/c1-2-24-18(23)6-5-17(22)21-9-7-20(8-10-21)12-16-19-14(13-26-16)15-4-3-11-25-15/h3-4,11,13H,2,5-10,12H2,1H3. The van der Waals surface area contributed by atoms with Gasteiger partial charge in [-0.3, -0.25) is 14.5 Å². The van der Waals surface area contributed by atoms with Gasteiger partial charge in [0.25, 0.3) is 0 Å². The molecule has 0 spiro atoms. The predicted octanol–water partition coefficient (Wildman–Crippen LogP) is 2.39. The first-order valence-electron chi connectivity index (χ1n) is 8.79. The van der Waals surface area contributed by atoms with E-state index in [1.54, 1.807) is 24.5 Å². The Morgan fingerprint density at radius 3 is 2.77 bits per heavy atom. The summed E-state index contributed by atoms with van der Waals surface area (Å²) in [7, 11) is 0. The van der Waals surface area contributed by atoms with Crippen LogP contribution in [-0.4, -0.2) is 59.4 Å². The second-order valence-electron chi connectivity index (χ2n) is 6.07. The molecule has 0 radical (unpaired) electrons. The number of furan rings is 1. The van der Waals surface area contributed by atoms with Gasteiger partial charge in [-0.05, 0) is 19.1 Å². The summed E-state index contributed by atoms with van der Waals surface area (Å²) in [4.78, 5) is 32.3. The number of aromatic nitrogens is 1. The van der Waals surface area contributed by atoms with E-state index in [9.17, 15) is 9.59 Å². The van der Waals surface area contributed by atoms with E-state index >= 15 is 0 Å². The first-order chi connectivity index (χ1) is 12.7. The van der Waals surface area contributed by atoms with Crippen molar-refractivity contribution in [3.05, 3.63) is 28.8 Å². The zero-order valence-corrected chi connectivity index (χ0v) is 15.7. The third-order valence-corrected chi connectivity index (χ3v) is 5.09. The highest BCUT2D eigenvalue weighted by Gasteiger charge is 2.22. The van der Waals surface area contributed by atoms with Gasteiger partial charge in [0.2, 0.25) is 5.91 Å². The highest BCUT2D eigenvalue weighted by molar-refractivity contribution is 7.09. The number of rotatable bonds is 7. The van der Waals surface area contributed by atoms with Crippen molar-refractivity contribution >= 4 is 23.2 Å². The van der Waals surface area contributed by atoms with Crippen LogP contribution in [0, 0.1) is 0 Å². The first kappa shape index (κ1) is 18.6. The Balaban J connectivity index is 1.42. The monoisotopic (exact) mass is 377 g/mol. The fraction of sp³-hybridized carbons (Fsp3) is 0.500. The maximum atomic E-state index is 12.2. The van der Waals surface area contributed by atoms with Gasteiger partial charge in [0.05, 0.1) is 25.8 Å². The van der Waals surface area contributed by atoms with Gasteiger partial charge in [0, 0.05) is 38.0 Å². The Bertz CT molecular complexity index is 721. The molecule has 0 unspecified atom stereocenters. The van der Waals surface area contributed by atoms with Gasteiger partial charge in [0.15, 0.2) is 5.76 Å². The fourth-order valence-corrected chi connectivity index (χ4v) is 3.69. The summed E-state index contributed by atoms with van der Waals surface area (Å²) in [5.74, 6) is 0.493. The van der Waals surface area contributed by atoms with Crippen molar-refractivity contribution in [3.63, 3.8) is 0 Å². The molecule has 0 bridgehead atoms. The molecule has 3 heterocycles. The van der Waals surface area contributed by atoms with Gasteiger partial charge in [-0.15, -0.1) is 11.3 Å². The van der Waals surface area contributed by atoms with Crippen LogP contribution in [0.25, 0.3) is 11.5 Å². The minimum Gasteiger partial charge on any atom is -0.466 e. The van der Waals surface area contributed by atoms with Gasteiger partial charge < -0.3 is 14.1 Å². The summed E-state index contributed by atoms with van der Waals surface area (Å²) in [6.07, 6.45) is 2.02. The van der Waals surface area contributed by atoms with Gasteiger partial charge in [-0.1, -0.05) is 0 Å². The number of ether oxygens (including phenoxy) is 1. The number of amides is 1. The largest absolute Gasteiger partial charge is 0.466 e. The molecule has 7 nitrogen and oxygen atoms in total. The van der Waals surface area contributed by atoms with Crippen molar-refractivity contribution < 1.29 is 18.7 Å². The molecular formula is C18H23N3O4S. The lowest BCUT2D eigenvalue weighted by molar-refractivity contribution is -0.146. The topological polar surface area (TPSA) is 75.9 Å². The third kappa shape index (κ3) is 4.92. The highest BCUT2D eigenvalue weighted by Crippen LogP contribution is 2.23. The molecule has 2 aromatic heterocycles. The molecule has 0 saturated carbocycles. The lowest BCUT2D eigenvalue weighted by Crippen LogP contribution is -2.48. The zero-order chi connectivity index (χ0) is 18.4. The van der Waals surface area contributed by atoms with Crippen LogP contribution in [0.4, 0.5) is 0 Å². The van der Waals surface area contributed by atoms with Crippen molar-refractivity contribution in [2.24, 2.45) is 0 Å². The SMILES string of the molecule is CCOC(=O)CCC(=O)N1CCN(Cc2nc(-c3ccco3)cs2)CC1. The van der Waals surface area contributed by atoms with E-state index in [1.165, 1.54) is 0 Å². The van der Waals surface area contributed by atoms with Crippen molar-refractivity contribution in [1.29, 1.82) is 0 Å². The van der Waals surface area contributed by atoms with Crippen LogP contribution in [-0.2, 0) is 20.9 Å². The number of thiazole rings is 1. The minimum absolute atomic E-state index is 0.0204. The van der Waals surface area contributed by atoms with Crippen LogP contribution in [0.1, 0.15) is 24.8 Å². The lowest BCUT2D eigenvalue weighted by Gasteiger charge is -2.34. The van der Waals surface area contributed by atoms with E-state index < -0.39 is 0 Å². The maximum Gasteiger partial charge on any atom is 0.306 e. The van der Waals surface area contributed by atoms with Gasteiger partial charge >= 0.3 is 5.97 Å². The maximum absolute atomic E-state index is 12.2. The molecule has 0 atom stereocenters. The summed E-state index contributed by atoms with van der Waals surface area (Å²) in [5.41, 5.74) is 0.864. The number of nitrogens with zero attached hydrogens (tertiary/aromatic N) is 3. The molecule has 8 heteroatoms. The van der Waals surface area contributed by atoms with Crippen LogP contribution in [0.15, 0.2) is 28.2 Å². The second-order valence-corrected chi connectivity index (χ2v) is 7.01. The summed E-state index contributed by atoms with van der Waals surface area (Å²) < 4.78 is 10.2. The number of carbonyl (C=O) groups is 2. The Labute approximate surface area is 156 Å². The molecule has 1 aliphatic rings. The Morgan fingerprint density at radius 1 is 1.27 bits per heavy atom. The van der Waals surface area contributed by atoms with Crippen molar-refractivity contribution in [2.45, 2.75) is 26.3 Å². The van der Waals surface area contributed by atoms with Crippen LogP contribution >= 0.6 is 11.3 Å². The number of carbonyl (C=O) groups excluding carboxylic acids is 2. The van der Waals surface area contributed by atoms with E-state index in [-0.39, 0.29) is 24.7 Å². The van der Waals surface area contributed by atoms with Crippen molar-refractivity contribution in [1.82, 2.24) is 14.8 Å². The molecule has 2 aromatic rings. The molecular weight excluding hydrogens is 354 g/mol. The average Bonchev–Trinajstić information content (AvgIpc) is 3.32. The van der Waals surface area contributed by atoms with Crippen LogP contribution in [0.3, 0.4) is 0 Å². The summed E-state index contributed by atoms with van der Waals surface area (Å²) in [5, 5.41) is 3.04. The predicted molar refractivity (Wildman–Crippen MR) is 97.5 cm³/mol. The van der Waals surface area contributed by atoms with Crippen molar-refractivity contribution in [2.75, 3.05) is 32.8 Å². The first-order valence-corrected chi connectivity index (χ1v) is 9.67. The molecule has 1 fully saturated rings. The van der Waals surface area contributed by atoms with E-state index in [1.807, 2.05) is 22.4 Å². The van der Waals surface area contributed by atoms with Gasteiger partial charge in [-0.2, -0.15) is 0 Å². The number of piperazine rings is 1. The van der Waals surface area contributed by atoms with E-state index in [0.29, 0.717) is 19.7 Å². The molecule has 3 rings (SSSR count). The number of hydrogen-bond acceptors (Lipinski definition) is 7. The molecule has 26 heavy (non-hydrogen) atoms. The van der Waals surface area contributed by atoms with Crippen molar-refractivity contribution in [3.8, 4) is 11.5 Å². The number of esters is 1. The Hall–Kier alpha value is -2.19. The molecule has 140 valence electrons. The van der Waals surface area contributed by atoms with Gasteiger partial charge in [0.1, 0.15) is 10.7 Å². The molecule has 1 amide bonds. The quantitative estimate of drug-likeness (QED) is 0.690. The second kappa shape index (κ2) is 8.95. The summed E-state index contributed by atoms with van der Waals surface area (Å²) in [6, 6.07) is 3.76. The highest BCUT2D eigenvalue weighted by atomic mass is 32.1. The van der Waals surface area contributed by atoms with E-state index in [2.05, 4.69) is 9.88 Å². The normalized spacial score (nSPS) is 15.2. The molecule has 0 aromatic carbocycles. The van der Waals surface area contributed by atoms with Crippen LogP contribution in [0.5, 0.6) is 0 Å². The number of hydrogen-bond donors (Lipinski definition) is 0. The zero-order valence-electron chi connectivity index (χ0n) is 14.8. The fourth-order valence-electron chi connectivity index (χ4n) is 2.87. The van der Waals surface area contributed by atoms with Gasteiger partial charge in [-0.25, -0.2) is 4.98 Å². The molecule has 1 saturated heterocycles. The summed E-state index contributed by atoms with van der Waals surface area (Å²) in [6.45, 7) is 5.86. The van der Waals surface area contributed by atoms with Crippen LogP contribution in [0.2, 0.25) is 0 Å². The average molecular weight is 377 g/mol. The smallest absolute Gasteiger partial charge is 0.306 e.